The molecule has 296 valence electrons. The van der Waals surface area contributed by atoms with Gasteiger partial charge in [-0.05, 0) is 95.9 Å². The van der Waals surface area contributed by atoms with Crippen molar-refractivity contribution in [2.75, 3.05) is 26.1 Å². The molecule has 1 saturated carbocycles. The largest absolute Gasteiger partial charge is 0.497 e. The second-order valence-corrected chi connectivity index (χ2v) is 20.5. The van der Waals surface area contributed by atoms with Gasteiger partial charge in [0.25, 0.3) is 5.91 Å². The van der Waals surface area contributed by atoms with Gasteiger partial charge in [0.05, 0.1) is 39.3 Å². The van der Waals surface area contributed by atoms with E-state index in [9.17, 15) is 14.7 Å². The fourth-order valence-electron chi connectivity index (χ4n) is 8.05. The van der Waals surface area contributed by atoms with Gasteiger partial charge in [-0.15, -0.1) is 0 Å². The Labute approximate surface area is 334 Å². The highest BCUT2D eigenvalue weighted by Gasteiger charge is 2.50. The summed E-state index contributed by atoms with van der Waals surface area (Å²) in [6, 6.07) is 34.6. The lowest BCUT2D eigenvalue weighted by Gasteiger charge is -2.41. The van der Waals surface area contributed by atoms with E-state index in [1.807, 2.05) is 90.5 Å². The number of carbonyl (C=O) groups excluding carboxylic acids is 1. The summed E-state index contributed by atoms with van der Waals surface area (Å²) in [5.74, 6) is 1.05. The van der Waals surface area contributed by atoms with E-state index >= 15 is 0 Å². The molecule has 1 amide bonds. The molecule has 2 aromatic heterocycles. The number of aliphatic hydroxyl groups excluding tert-OH is 1. The van der Waals surface area contributed by atoms with Crippen molar-refractivity contribution in [1.29, 1.82) is 0 Å². The van der Waals surface area contributed by atoms with E-state index in [1.165, 1.54) is 6.33 Å². The van der Waals surface area contributed by atoms with Crippen molar-refractivity contribution in [3.05, 3.63) is 144 Å². The first-order valence-electron chi connectivity index (χ1n) is 19.3. The molecule has 0 unspecified atom stereocenters. The van der Waals surface area contributed by atoms with Crippen LogP contribution in [0.5, 0.6) is 11.5 Å². The lowest BCUT2D eigenvalue weighted by atomic mass is 9.79. The van der Waals surface area contributed by atoms with Gasteiger partial charge in [-0.1, -0.05) is 86.6 Å². The number of ether oxygens (including phenoxy) is 3. The van der Waals surface area contributed by atoms with Crippen LogP contribution < -0.4 is 14.8 Å². The molecule has 11 nitrogen and oxygen atoms in total. The van der Waals surface area contributed by atoms with Crippen molar-refractivity contribution in [3.8, 4) is 11.5 Å². The molecule has 0 aliphatic heterocycles. The van der Waals surface area contributed by atoms with Gasteiger partial charge in [0.1, 0.15) is 23.4 Å². The molecule has 0 radical (unpaired) electrons. The SMILES string of the molecule is COc1ccc(C(OC[C@H]2C[C@@H](n3cnc4c(NC(=O)c5ccccc5)ncnc43)[C@H](O)[C@@H]2CC(C)(C)[Si](C)(C)O)(c2ccccc2)c2ccc(OC)cc2)cc1. The summed E-state index contributed by atoms with van der Waals surface area (Å²) in [7, 11) is 0.613. The molecule has 1 aliphatic rings. The van der Waals surface area contributed by atoms with Crippen molar-refractivity contribution in [1.82, 2.24) is 19.5 Å². The number of aromatic nitrogens is 4. The summed E-state index contributed by atoms with van der Waals surface area (Å²) in [5.41, 5.74) is 3.15. The van der Waals surface area contributed by atoms with Crippen molar-refractivity contribution in [2.45, 2.75) is 62.6 Å². The summed E-state index contributed by atoms with van der Waals surface area (Å²) in [5, 5.41) is 14.9. The van der Waals surface area contributed by atoms with Crippen LogP contribution in [-0.2, 0) is 10.3 Å². The van der Waals surface area contributed by atoms with Crippen LogP contribution in [0.15, 0.2) is 122 Å². The Balaban J connectivity index is 1.28. The maximum atomic E-state index is 13.1. The van der Waals surface area contributed by atoms with Crippen LogP contribution >= 0.6 is 0 Å². The molecular formula is C45H51N5O6Si. The Hall–Kier alpha value is -5.40. The monoisotopic (exact) mass is 785 g/mol. The highest BCUT2D eigenvalue weighted by Crippen LogP contribution is 2.52. The van der Waals surface area contributed by atoms with Gasteiger partial charge >= 0.3 is 0 Å². The first-order chi connectivity index (χ1) is 27.4. The predicted molar refractivity (Wildman–Crippen MR) is 223 cm³/mol. The molecule has 0 saturated heterocycles. The van der Waals surface area contributed by atoms with Crippen LogP contribution in [0.25, 0.3) is 11.2 Å². The van der Waals surface area contributed by atoms with E-state index in [-0.39, 0.29) is 30.2 Å². The Morgan fingerprint density at radius 2 is 1.39 bits per heavy atom. The second-order valence-electron chi connectivity index (χ2n) is 16.0. The van der Waals surface area contributed by atoms with E-state index in [0.29, 0.717) is 29.6 Å². The number of benzene rings is 4. The fraction of sp³-hybridized carbons (Fsp3) is 0.333. The van der Waals surface area contributed by atoms with E-state index in [2.05, 4.69) is 46.2 Å². The highest BCUT2D eigenvalue weighted by molar-refractivity contribution is 6.72. The topological polar surface area (TPSA) is 141 Å². The van der Waals surface area contributed by atoms with Crippen molar-refractivity contribution in [2.24, 2.45) is 11.8 Å². The Kier molecular flexibility index (Phi) is 11.3. The van der Waals surface area contributed by atoms with Gasteiger partial charge in [0.2, 0.25) is 0 Å². The molecule has 4 aromatic carbocycles. The molecule has 4 atom stereocenters. The summed E-state index contributed by atoms with van der Waals surface area (Å²) in [6.45, 7) is 8.39. The zero-order chi connectivity index (χ0) is 40.4. The normalized spacial score (nSPS) is 18.7. The summed E-state index contributed by atoms with van der Waals surface area (Å²) in [4.78, 5) is 38.2. The minimum atomic E-state index is -2.69. The number of nitrogens with zero attached hydrogens (tertiary/aromatic N) is 4. The molecule has 0 bridgehead atoms. The number of hydrogen-bond acceptors (Lipinski definition) is 9. The molecule has 2 heterocycles. The van der Waals surface area contributed by atoms with Crippen molar-refractivity contribution in [3.63, 3.8) is 0 Å². The van der Waals surface area contributed by atoms with E-state index in [0.717, 1.165) is 28.2 Å². The number of aliphatic hydroxyl groups is 1. The quantitative estimate of drug-likeness (QED) is 0.0740. The van der Waals surface area contributed by atoms with Crippen LogP contribution in [0.1, 0.15) is 59.8 Å². The molecule has 1 fully saturated rings. The van der Waals surface area contributed by atoms with Crippen molar-refractivity contribution >= 4 is 31.2 Å². The first kappa shape index (κ1) is 39.8. The minimum absolute atomic E-state index is 0.142. The summed E-state index contributed by atoms with van der Waals surface area (Å²) >= 11 is 0. The smallest absolute Gasteiger partial charge is 0.256 e. The van der Waals surface area contributed by atoms with E-state index in [4.69, 9.17) is 14.2 Å². The summed E-state index contributed by atoms with van der Waals surface area (Å²) in [6.07, 6.45) is 3.38. The zero-order valence-electron chi connectivity index (χ0n) is 33.3. The summed E-state index contributed by atoms with van der Waals surface area (Å²) < 4.78 is 20.4. The number of fused-ring (bicyclic) bond motifs is 1. The zero-order valence-corrected chi connectivity index (χ0v) is 34.3. The molecule has 7 rings (SSSR count). The average molecular weight is 786 g/mol. The van der Waals surface area contributed by atoms with Gasteiger partial charge in [-0.2, -0.15) is 0 Å². The number of hydrogen-bond donors (Lipinski definition) is 3. The molecule has 57 heavy (non-hydrogen) atoms. The van der Waals surface area contributed by atoms with Gasteiger partial charge < -0.3 is 34.0 Å². The number of imidazole rings is 1. The Morgan fingerprint density at radius 3 is 1.95 bits per heavy atom. The predicted octanol–water partition coefficient (Wildman–Crippen LogP) is 8.01. The van der Waals surface area contributed by atoms with Gasteiger partial charge in [0.15, 0.2) is 25.3 Å². The number of nitrogens with one attached hydrogen (secondary N) is 1. The van der Waals surface area contributed by atoms with E-state index < -0.39 is 31.1 Å². The highest BCUT2D eigenvalue weighted by atomic mass is 28.4. The number of rotatable bonds is 14. The number of methoxy groups -OCH3 is 2. The van der Waals surface area contributed by atoms with Crippen LogP contribution in [0.3, 0.4) is 0 Å². The second kappa shape index (κ2) is 16.2. The lowest BCUT2D eigenvalue weighted by Crippen LogP contribution is -2.42. The Bertz CT molecular complexity index is 2230. The Morgan fingerprint density at radius 1 is 0.825 bits per heavy atom. The fourth-order valence-corrected chi connectivity index (χ4v) is 8.78. The number of carbonyl (C=O) groups is 1. The number of amides is 1. The van der Waals surface area contributed by atoms with Gasteiger partial charge in [-0.3, -0.25) is 4.79 Å². The maximum absolute atomic E-state index is 13.1. The maximum Gasteiger partial charge on any atom is 0.256 e. The third-order valence-electron chi connectivity index (χ3n) is 12.1. The number of anilines is 1. The molecule has 0 spiro atoms. The average Bonchev–Trinajstić information content (AvgIpc) is 3.79. The van der Waals surface area contributed by atoms with Crippen LogP contribution in [0.4, 0.5) is 5.82 Å². The molecule has 3 N–H and O–H groups in total. The minimum Gasteiger partial charge on any atom is -0.497 e. The first-order valence-corrected chi connectivity index (χ1v) is 22.2. The van der Waals surface area contributed by atoms with Gasteiger partial charge in [0, 0.05) is 5.56 Å². The van der Waals surface area contributed by atoms with E-state index in [1.54, 1.807) is 44.8 Å². The van der Waals surface area contributed by atoms with Crippen LogP contribution in [0.2, 0.25) is 18.1 Å². The third kappa shape index (κ3) is 7.82. The van der Waals surface area contributed by atoms with Crippen molar-refractivity contribution < 1.29 is 28.9 Å². The molecular weight excluding hydrogens is 735 g/mol. The molecule has 12 heteroatoms. The lowest BCUT2D eigenvalue weighted by molar-refractivity contribution is -0.0245. The van der Waals surface area contributed by atoms with Gasteiger partial charge in [-0.25, -0.2) is 15.0 Å². The molecule has 6 aromatic rings. The van der Waals surface area contributed by atoms with Crippen LogP contribution in [0, 0.1) is 11.8 Å². The molecule has 1 aliphatic carbocycles. The standard InChI is InChI=1S/C45H51N5O6Si/c1-44(2,57(5,6)53)26-37-31(25-38(40(37)51)50-29-48-39-41(46-28-47-42(39)50)49-43(52)30-13-9-7-10-14-30)27-56-45(32-15-11-8-12-16-32,33-17-21-35(54-3)22-18-33)34-19-23-36(55-4)24-20-34/h7-24,28-29,31,37-38,40,51,53H,25-27H2,1-6H3,(H,46,47,49,52)/t31-,37-,38-,40-/m1/s1. The third-order valence-corrected chi connectivity index (χ3v) is 15.6. The van der Waals surface area contributed by atoms with Crippen LogP contribution in [-0.4, -0.2) is 70.6 Å².